The van der Waals surface area contributed by atoms with Crippen LogP contribution >= 0.6 is 23.1 Å². The number of aliphatic hydroxyl groups excluding tert-OH is 1. The molecule has 90 valence electrons. The van der Waals surface area contributed by atoms with Crippen molar-refractivity contribution in [3.05, 3.63) is 39.9 Å². The van der Waals surface area contributed by atoms with Crippen molar-refractivity contribution in [3.8, 4) is 5.75 Å². The Morgan fingerprint density at radius 3 is 2.88 bits per heavy atom. The lowest BCUT2D eigenvalue weighted by molar-refractivity contribution is 0.282. The van der Waals surface area contributed by atoms with Gasteiger partial charge in [-0.1, -0.05) is 34.3 Å². The minimum atomic E-state index is 0.0966. The summed E-state index contributed by atoms with van der Waals surface area (Å²) in [5.41, 5.74) is 1.60. The third-order valence-electron chi connectivity index (χ3n) is 2.23. The van der Waals surface area contributed by atoms with Crippen LogP contribution in [-0.4, -0.2) is 21.3 Å². The largest absolute Gasteiger partial charge is 0.487 e. The summed E-state index contributed by atoms with van der Waals surface area (Å²) in [6.07, 6.45) is 0.569. The van der Waals surface area contributed by atoms with Crippen LogP contribution in [0.2, 0.25) is 4.34 Å². The van der Waals surface area contributed by atoms with Crippen molar-refractivity contribution in [2.24, 2.45) is 0 Å². The standard InChI is InChI=1S/C11H11ClN2O2S/c12-11-9(13-14-17-11)7-16-10-4-2-1-3-8(10)5-6-15/h1-4,15H,5-7H2. The van der Waals surface area contributed by atoms with Crippen LogP contribution in [0.15, 0.2) is 24.3 Å². The van der Waals surface area contributed by atoms with E-state index < -0.39 is 0 Å². The molecule has 0 aliphatic rings. The summed E-state index contributed by atoms with van der Waals surface area (Å²) >= 11 is 7.02. The molecule has 0 aliphatic heterocycles. The molecular formula is C11H11ClN2O2S. The Morgan fingerprint density at radius 2 is 2.18 bits per heavy atom. The molecule has 1 aromatic carbocycles. The lowest BCUT2D eigenvalue weighted by atomic mass is 10.1. The van der Waals surface area contributed by atoms with E-state index in [1.165, 1.54) is 0 Å². The number of para-hydroxylation sites is 1. The van der Waals surface area contributed by atoms with E-state index in [9.17, 15) is 0 Å². The molecule has 0 radical (unpaired) electrons. The van der Waals surface area contributed by atoms with Crippen molar-refractivity contribution in [2.75, 3.05) is 6.61 Å². The molecule has 1 aromatic heterocycles. The van der Waals surface area contributed by atoms with Crippen molar-refractivity contribution >= 4 is 23.1 Å². The van der Waals surface area contributed by atoms with E-state index >= 15 is 0 Å². The third kappa shape index (κ3) is 3.15. The SMILES string of the molecule is OCCc1ccccc1OCc1nnsc1Cl. The Hall–Kier alpha value is -1.17. The van der Waals surface area contributed by atoms with Crippen molar-refractivity contribution in [3.63, 3.8) is 0 Å². The van der Waals surface area contributed by atoms with Crippen molar-refractivity contribution < 1.29 is 9.84 Å². The quantitative estimate of drug-likeness (QED) is 0.906. The topological polar surface area (TPSA) is 55.2 Å². The molecule has 1 heterocycles. The number of halogens is 1. The monoisotopic (exact) mass is 270 g/mol. The molecule has 0 atom stereocenters. The molecule has 0 fully saturated rings. The summed E-state index contributed by atoms with van der Waals surface area (Å²) < 4.78 is 9.90. The highest BCUT2D eigenvalue weighted by molar-refractivity contribution is 7.10. The number of nitrogens with zero attached hydrogens (tertiary/aromatic N) is 2. The molecule has 0 aliphatic carbocycles. The van der Waals surface area contributed by atoms with E-state index in [4.69, 9.17) is 21.4 Å². The van der Waals surface area contributed by atoms with Crippen LogP contribution in [0.3, 0.4) is 0 Å². The normalized spacial score (nSPS) is 10.5. The van der Waals surface area contributed by atoms with Crippen LogP contribution in [0.5, 0.6) is 5.75 Å². The summed E-state index contributed by atoms with van der Waals surface area (Å²) in [5.74, 6) is 0.741. The number of hydrogen-bond acceptors (Lipinski definition) is 5. The van der Waals surface area contributed by atoms with Gasteiger partial charge in [0.2, 0.25) is 0 Å². The first kappa shape index (κ1) is 12.3. The highest BCUT2D eigenvalue weighted by Crippen LogP contribution is 2.22. The zero-order chi connectivity index (χ0) is 12.1. The number of ether oxygens (including phenoxy) is 1. The minimum Gasteiger partial charge on any atom is -0.487 e. The number of aromatic nitrogens is 2. The predicted octanol–water partition coefficient (Wildman–Crippen LogP) is 2.31. The average molecular weight is 271 g/mol. The number of hydrogen-bond donors (Lipinski definition) is 1. The van der Waals surface area contributed by atoms with Crippen LogP contribution in [0.25, 0.3) is 0 Å². The molecule has 0 amide bonds. The maximum Gasteiger partial charge on any atom is 0.141 e. The van der Waals surface area contributed by atoms with Gasteiger partial charge in [0.15, 0.2) is 0 Å². The Balaban J connectivity index is 2.06. The van der Waals surface area contributed by atoms with Gasteiger partial charge in [0, 0.05) is 18.1 Å². The Kier molecular flexibility index (Phi) is 4.30. The van der Waals surface area contributed by atoms with E-state index in [2.05, 4.69) is 9.59 Å². The van der Waals surface area contributed by atoms with Crippen molar-refractivity contribution in [1.29, 1.82) is 0 Å². The number of rotatable bonds is 5. The second kappa shape index (κ2) is 5.95. The molecule has 17 heavy (non-hydrogen) atoms. The molecule has 0 saturated heterocycles. The van der Waals surface area contributed by atoms with Gasteiger partial charge in [0.25, 0.3) is 0 Å². The van der Waals surface area contributed by atoms with Gasteiger partial charge in [-0.25, -0.2) is 0 Å². The summed E-state index contributed by atoms with van der Waals surface area (Å²) in [6.45, 7) is 0.386. The Bertz CT molecular complexity index is 490. The molecule has 2 rings (SSSR count). The molecule has 0 unspecified atom stereocenters. The highest BCUT2D eigenvalue weighted by atomic mass is 35.5. The predicted molar refractivity (Wildman–Crippen MR) is 66.5 cm³/mol. The molecule has 0 saturated carbocycles. The van der Waals surface area contributed by atoms with E-state index in [0.29, 0.717) is 16.5 Å². The Morgan fingerprint density at radius 1 is 1.35 bits per heavy atom. The lowest BCUT2D eigenvalue weighted by Gasteiger charge is -2.09. The molecule has 4 nitrogen and oxygen atoms in total. The second-order valence-electron chi connectivity index (χ2n) is 3.36. The second-order valence-corrected chi connectivity index (χ2v) is 4.72. The molecule has 1 N–H and O–H groups in total. The maximum absolute atomic E-state index is 8.94. The van der Waals surface area contributed by atoms with Gasteiger partial charge in [0.1, 0.15) is 22.4 Å². The first-order valence-electron chi connectivity index (χ1n) is 5.09. The summed E-state index contributed by atoms with van der Waals surface area (Å²) in [4.78, 5) is 0. The van der Waals surface area contributed by atoms with Crippen LogP contribution in [-0.2, 0) is 13.0 Å². The average Bonchev–Trinajstić information content (AvgIpc) is 2.74. The van der Waals surface area contributed by atoms with Gasteiger partial charge in [-0.2, -0.15) is 0 Å². The molecular weight excluding hydrogens is 260 g/mol. The van der Waals surface area contributed by atoms with E-state index in [1.54, 1.807) is 0 Å². The molecule has 2 aromatic rings. The van der Waals surface area contributed by atoms with Crippen LogP contribution in [0, 0.1) is 0 Å². The van der Waals surface area contributed by atoms with E-state index in [0.717, 1.165) is 22.8 Å². The van der Waals surface area contributed by atoms with Gasteiger partial charge in [-0.15, -0.1) is 5.10 Å². The van der Waals surface area contributed by atoms with Crippen LogP contribution < -0.4 is 4.74 Å². The van der Waals surface area contributed by atoms with E-state index in [1.807, 2.05) is 24.3 Å². The van der Waals surface area contributed by atoms with Crippen LogP contribution in [0.4, 0.5) is 0 Å². The fourth-order valence-electron chi connectivity index (χ4n) is 1.40. The highest BCUT2D eigenvalue weighted by Gasteiger charge is 2.08. The summed E-state index contributed by atoms with van der Waals surface area (Å²) in [7, 11) is 0. The Labute approximate surface area is 108 Å². The van der Waals surface area contributed by atoms with Gasteiger partial charge in [-0.3, -0.25) is 0 Å². The summed E-state index contributed by atoms with van der Waals surface area (Å²) in [5, 5.41) is 12.8. The lowest BCUT2D eigenvalue weighted by Crippen LogP contribution is -2.00. The van der Waals surface area contributed by atoms with E-state index in [-0.39, 0.29) is 13.2 Å². The molecule has 6 heteroatoms. The minimum absolute atomic E-state index is 0.0966. The smallest absolute Gasteiger partial charge is 0.141 e. The van der Waals surface area contributed by atoms with Gasteiger partial charge in [-0.05, 0) is 18.1 Å². The molecule has 0 bridgehead atoms. The number of benzene rings is 1. The third-order valence-corrected chi connectivity index (χ3v) is 3.21. The fraction of sp³-hybridized carbons (Fsp3) is 0.273. The van der Waals surface area contributed by atoms with Crippen molar-refractivity contribution in [2.45, 2.75) is 13.0 Å². The first-order valence-corrected chi connectivity index (χ1v) is 6.24. The van der Waals surface area contributed by atoms with Gasteiger partial charge in [0.05, 0.1) is 0 Å². The number of aliphatic hydroxyl groups is 1. The van der Waals surface area contributed by atoms with Gasteiger partial charge < -0.3 is 9.84 Å². The first-order chi connectivity index (χ1) is 8.31. The fourth-order valence-corrected chi connectivity index (χ4v) is 2.00. The van der Waals surface area contributed by atoms with Crippen molar-refractivity contribution in [1.82, 2.24) is 9.59 Å². The molecule has 0 spiro atoms. The maximum atomic E-state index is 8.94. The van der Waals surface area contributed by atoms with Gasteiger partial charge >= 0.3 is 0 Å². The zero-order valence-corrected chi connectivity index (χ0v) is 10.5. The summed E-state index contributed by atoms with van der Waals surface area (Å²) in [6, 6.07) is 7.58. The van der Waals surface area contributed by atoms with Crippen LogP contribution in [0.1, 0.15) is 11.3 Å². The zero-order valence-electron chi connectivity index (χ0n) is 8.97.